The standard InChI is InChI=1S/C12H14N4O2S/c1-3-18-11(17)10-6-15-12(16-8(10)2)14-5-9-4-13-7-19-9/h4,6-7H,3,5H2,1-2H3,(H,14,15,16). The number of esters is 1. The van der Waals surface area contributed by atoms with Crippen LogP contribution in [0.2, 0.25) is 0 Å². The summed E-state index contributed by atoms with van der Waals surface area (Å²) >= 11 is 1.56. The van der Waals surface area contributed by atoms with Crippen LogP contribution in [0.25, 0.3) is 0 Å². The lowest BCUT2D eigenvalue weighted by Gasteiger charge is -2.07. The van der Waals surface area contributed by atoms with Gasteiger partial charge in [0.25, 0.3) is 0 Å². The van der Waals surface area contributed by atoms with Crippen LogP contribution in [0.15, 0.2) is 17.9 Å². The number of carbonyl (C=O) groups excluding carboxylic acids is 1. The predicted molar refractivity (Wildman–Crippen MR) is 72.2 cm³/mol. The summed E-state index contributed by atoms with van der Waals surface area (Å²) in [5.74, 6) is 0.0907. The monoisotopic (exact) mass is 278 g/mol. The van der Waals surface area contributed by atoms with Crippen LogP contribution < -0.4 is 5.32 Å². The zero-order chi connectivity index (χ0) is 13.7. The molecule has 0 aromatic carbocycles. The van der Waals surface area contributed by atoms with Gasteiger partial charge in [-0.1, -0.05) is 0 Å². The van der Waals surface area contributed by atoms with Gasteiger partial charge in [-0.25, -0.2) is 14.8 Å². The molecule has 0 amide bonds. The van der Waals surface area contributed by atoms with Crippen LogP contribution >= 0.6 is 11.3 Å². The number of thiazole rings is 1. The van der Waals surface area contributed by atoms with Crippen molar-refractivity contribution in [3.05, 3.63) is 34.0 Å². The van der Waals surface area contributed by atoms with Gasteiger partial charge >= 0.3 is 5.97 Å². The van der Waals surface area contributed by atoms with Crippen LogP contribution in [0, 0.1) is 6.92 Å². The lowest BCUT2D eigenvalue weighted by Crippen LogP contribution is -2.11. The van der Waals surface area contributed by atoms with Gasteiger partial charge in [0.15, 0.2) is 0 Å². The molecule has 2 aromatic heterocycles. The molecule has 0 spiro atoms. The Morgan fingerprint density at radius 2 is 2.32 bits per heavy atom. The van der Waals surface area contributed by atoms with Crippen LogP contribution in [0.3, 0.4) is 0 Å². The Morgan fingerprint density at radius 3 is 2.95 bits per heavy atom. The van der Waals surface area contributed by atoms with Gasteiger partial charge < -0.3 is 10.1 Å². The summed E-state index contributed by atoms with van der Waals surface area (Å²) in [4.78, 5) is 25.0. The third-order valence-electron chi connectivity index (χ3n) is 2.38. The molecule has 2 aromatic rings. The van der Waals surface area contributed by atoms with Gasteiger partial charge in [0.2, 0.25) is 5.95 Å². The van der Waals surface area contributed by atoms with E-state index in [9.17, 15) is 4.79 Å². The van der Waals surface area contributed by atoms with Crippen molar-refractivity contribution in [3.63, 3.8) is 0 Å². The minimum absolute atomic E-state index is 0.337. The predicted octanol–water partition coefficient (Wildman–Crippen LogP) is 2.03. The summed E-state index contributed by atoms with van der Waals surface area (Å²) in [5.41, 5.74) is 2.76. The zero-order valence-electron chi connectivity index (χ0n) is 10.7. The number of rotatable bonds is 5. The highest BCUT2D eigenvalue weighted by Crippen LogP contribution is 2.11. The van der Waals surface area contributed by atoms with Gasteiger partial charge in [0.1, 0.15) is 0 Å². The minimum atomic E-state index is -0.394. The number of aryl methyl sites for hydroxylation is 1. The number of hydrogen-bond donors (Lipinski definition) is 1. The SMILES string of the molecule is CCOC(=O)c1cnc(NCc2cncs2)nc1C. The summed E-state index contributed by atoms with van der Waals surface area (Å²) in [7, 11) is 0. The van der Waals surface area contributed by atoms with Crippen molar-refractivity contribution in [2.75, 3.05) is 11.9 Å². The molecule has 0 aliphatic carbocycles. The number of nitrogens with zero attached hydrogens (tertiary/aromatic N) is 3. The molecule has 2 rings (SSSR count). The van der Waals surface area contributed by atoms with E-state index in [1.807, 2.05) is 0 Å². The summed E-state index contributed by atoms with van der Waals surface area (Å²) in [5, 5.41) is 3.08. The van der Waals surface area contributed by atoms with Crippen molar-refractivity contribution in [1.29, 1.82) is 0 Å². The zero-order valence-corrected chi connectivity index (χ0v) is 11.5. The van der Waals surface area contributed by atoms with E-state index in [2.05, 4.69) is 20.3 Å². The lowest BCUT2D eigenvalue weighted by atomic mass is 10.2. The van der Waals surface area contributed by atoms with Gasteiger partial charge in [-0.05, 0) is 13.8 Å². The molecule has 19 heavy (non-hydrogen) atoms. The maximum Gasteiger partial charge on any atom is 0.341 e. The van der Waals surface area contributed by atoms with Crippen molar-refractivity contribution in [3.8, 4) is 0 Å². The molecule has 0 atom stereocenters. The third kappa shape index (κ3) is 3.47. The Morgan fingerprint density at radius 1 is 1.47 bits per heavy atom. The van der Waals surface area contributed by atoms with Crippen molar-refractivity contribution in [2.24, 2.45) is 0 Å². The lowest BCUT2D eigenvalue weighted by molar-refractivity contribution is 0.0524. The Hall–Kier alpha value is -2.02. The molecule has 2 heterocycles. The second-order valence-corrected chi connectivity index (χ2v) is 4.71. The summed E-state index contributed by atoms with van der Waals surface area (Å²) in [6, 6.07) is 0. The molecule has 6 nitrogen and oxygen atoms in total. The first kappa shape index (κ1) is 13.4. The van der Waals surface area contributed by atoms with E-state index < -0.39 is 5.97 Å². The molecule has 0 bridgehead atoms. The van der Waals surface area contributed by atoms with E-state index in [4.69, 9.17) is 4.74 Å². The van der Waals surface area contributed by atoms with Crippen LogP contribution in [0.4, 0.5) is 5.95 Å². The minimum Gasteiger partial charge on any atom is -0.462 e. The molecule has 0 aliphatic rings. The summed E-state index contributed by atoms with van der Waals surface area (Å²) in [6.45, 7) is 4.47. The average molecular weight is 278 g/mol. The second kappa shape index (κ2) is 6.24. The number of ether oxygens (including phenoxy) is 1. The fourth-order valence-corrected chi connectivity index (χ4v) is 1.99. The number of carbonyl (C=O) groups is 1. The number of hydrogen-bond acceptors (Lipinski definition) is 7. The Kier molecular flexibility index (Phi) is 4.40. The fraction of sp³-hybridized carbons (Fsp3) is 0.333. The van der Waals surface area contributed by atoms with Crippen LogP contribution in [-0.4, -0.2) is 27.5 Å². The average Bonchev–Trinajstić information content (AvgIpc) is 2.89. The molecule has 0 radical (unpaired) electrons. The maximum atomic E-state index is 11.6. The first-order valence-electron chi connectivity index (χ1n) is 5.82. The first-order chi connectivity index (χ1) is 9.20. The van der Waals surface area contributed by atoms with Crippen molar-refractivity contribution >= 4 is 23.3 Å². The van der Waals surface area contributed by atoms with Crippen molar-refractivity contribution in [2.45, 2.75) is 20.4 Å². The van der Waals surface area contributed by atoms with E-state index in [0.717, 1.165) is 4.88 Å². The summed E-state index contributed by atoms with van der Waals surface area (Å²) in [6.07, 6.45) is 3.27. The number of aromatic nitrogens is 3. The molecule has 0 saturated carbocycles. The molecule has 0 unspecified atom stereocenters. The van der Waals surface area contributed by atoms with E-state index in [1.165, 1.54) is 6.20 Å². The largest absolute Gasteiger partial charge is 0.462 e. The van der Waals surface area contributed by atoms with Crippen LogP contribution in [0.5, 0.6) is 0 Å². The Bertz CT molecular complexity index is 557. The molecule has 0 aliphatic heterocycles. The van der Waals surface area contributed by atoms with Crippen LogP contribution in [0.1, 0.15) is 27.9 Å². The quantitative estimate of drug-likeness (QED) is 0.843. The molecule has 0 saturated heterocycles. The molecule has 1 N–H and O–H groups in total. The molecule has 7 heteroatoms. The van der Waals surface area contributed by atoms with Gasteiger partial charge in [-0.3, -0.25) is 4.98 Å². The Balaban J connectivity index is 2.04. The van der Waals surface area contributed by atoms with E-state index in [-0.39, 0.29) is 0 Å². The molecule has 0 fully saturated rings. The van der Waals surface area contributed by atoms with Gasteiger partial charge in [-0.15, -0.1) is 11.3 Å². The van der Waals surface area contributed by atoms with Gasteiger partial charge in [0.05, 0.1) is 29.9 Å². The number of nitrogens with one attached hydrogen (secondary N) is 1. The Labute approximate surface area is 114 Å². The number of anilines is 1. The second-order valence-electron chi connectivity index (χ2n) is 3.73. The molecular weight excluding hydrogens is 264 g/mol. The highest BCUT2D eigenvalue weighted by molar-refractivity contribution is 7.09. The van der Waals surface area contributed by atoms with E-state index >= 15 is 0 Å². The van der Waals surface area contributed by atoms with Crippen molar-refractivity contribution in [1.82, 2.24) is 15.0 Å². The highest BCUT2D eigenvalue weighted by Gasteiger charge is 2.12. The van der Waals surface area contributed by atoms with E-state index in [0.29, 0.717) is 30.4 Å². The highest BCUT2D eigenvalue weighted by atomic mass is 32.1. The first-order valence-corrected chi connectivity index (χ1v) is 6.70. The topological polar surface area (TPSA) is 77.0 Å². The fourth-order valence-electron chi connectivity index (χ4n) is 1.46. The summed E-state index contributed by atoms with van der Waals surface area (Å²) < 4.78 is 4.92. The van der Waals surface area contributed by atoms with Crippen LogP contribution in [-0.2, 0) is 11.3 Å². The van der Waals surface area contributed by atoms with Gasteiger partial charge in [0, 0.05) is 17.3 Å². The molecular formula is C12H14N4O2S. The smallest absolute Gasteiger partial charge is 0.341 e. The van der Waals surface area contributed by atoms with E-state index in [1.54, 1.807) is 36.9 Å². The van der Waals surface area contributed by atoms with Gasteiger partial charge in [-0.2, -0.15) is 0 Å². The third-order valence-corrected chi connectivity index (χ3v) is 3.16. The maximum absolute atomic E-state index is 11.6. The normalized spacial score (nSPS) is 10.2. The van der Waals surface area contributed by atoms with Crippen molar-refractivity contribution < 1.29 is 9.53 Å². The molecule has 100 valence electrons.